The number of piperidine rings is 1. The van der Waals surface area contributed by atoms with Crippen molar-refractivity contribution < 1.29 is 13.9 Å². The number of hydrogen-bond donors (Lipinski definition) is 1. The summed E-state index contributed by atoms with van der Waals surface area (Å²) in [7, 11) is 0. The van der Waals surface area contributed by atoms with Gasteiger partial charge in [0.05, 0.1) is 18.5 Å². The molecule has 1 fully saturated rings. The lowest BCUT2D eigenvalue weighted by Gasteiger charge is -2.33. The van der Waals surface area contributed by atoms with Crippen molar-refractivity contribution >= 4 is 6.09 Å². The third-order valence-electron chi connectivity index (χ3n) is 5.07. The first-order valence-electron chi connectivity index (χ1n) is 9.47. The third-order valence-corrected chi connectivity index (χ3v) is 5.07. The molecule has 6 nitrogen and oxygen atoms in total. The first kappa shape index (κ1) is 19.4. The molecule has 1 aliphatic rings. The highest BCUT2D eigenvalue weighted by Crippen LogP contribution is 2.23. The van der Waals surface area contributed by atoms with Gasteiger partial charge in [-0.3, -0.25) is 0 Å². The molecule has 2 heterocycles. The predicted molar refractivity (Wildman–Crippen MR) is 101 cm³/mol. The molecule has 3 rings (SSSR count). The second-order valence-electron chi connectivity index (χ2n) is 6.93. The zero-order valence-electron chi connectivity index (χ0n) is 16.1. The Morgan fingerprint density at radius 3 is 2.81 bits per heavy atom. The summed E-state index contributed by atoms with van der Waals surface area (Å²) in [5.74, 6) is -0.275. The number of halogens is 1. The van der Waals surface area contributed by atoms with E-state index >= 15 is 0 Å². The van der Waals surface area contributed by atoms with Crippen LogP contribution in [-0.4, -0.2) is 46.5 Å². The van der Waals surface area contributed by atoms with Crippen LogP contribution in [0.4, 0.5) is 9.18 Å². The molecule has 0 radical (unpaired) electrons. The Morgan fingerprint density at radius 2 is 2.15 bits per heavy atom. The number of nitrogens with zero attached hydrogens (tertiary/aromatic N) is 3. The quantitative estimate of drug-likeness (QED) is 0.869. The zero-order chi connectivity index (χ0) is 19.4. The van der Waals surface area contributed by atoms with Gasteiger partial charge in [-0.25, -0.2) is 13.9 Å². The normalized spacial score (nSPS) is 16.4. The molecule has 1 aromatic carbocycles. The van der Waals surface area contributed by atoms with Crippen LogP contribution in [0.2, 0.25) is 0 Å². The fourth-order valence-electron chi connectivity index (χ4n) is 3.60. The summed E-state index contributed by atoms with van der Waals surface area (Å²) < 4.78 is 20.3. The predicted octanol–water partition coefficient (Wildman–Crippen LogP) is 3.59. The number of amides is 1. The highest BCUT2D eigenvalue weighted by atomic mass is 19.1. The van der Waals surface area contributed by atoms with Crippen LogP contribution >= 0.6 is 0 Å². The maximum atomic E-state index is 13.5. The van der Waals surface area contributed by atoms with E-state index in [0.717, 1.165) is 24.1 Å². The van der Waals surface area contributed by atoms with E-state index in [1.54, 1.807) is 15.6 Å². The van der Waals surface area contributed by atoms with E-state index in [2.05, 4.69) is 17.3 Å². The van der Waals surface area contributed by atoms with E-state index in [1.165, 1.54) is 12.1 Å². The topological polar surface area (TPSA) is 59.4 Å². The van der Waals surface area contributed by atoms with E-state index in [1.807, 2.05) is 26.1 Å². The first-order valence-corrected chi connectivity index (χ1v) is 9.47. The molecule has 0 bridgehead atoms. The molecule has 1 atom stereocenters. The maximum absolute atomic E-state index is 13.5. The van der Waals surface area contributed by atoms with Gasteiger partial charge in [-0.15, -0.1) is 0 Å². The number of ether oxygens (including phenoxy) is 1. The SMILES string of the molecule is CCOC(=O)N1CCC(N[C@@H](C)c2cnn(-c3cccc(F)c3)c2C)CC1. The van der Waals surface area contributed by atoms with Gasteiger partial charge in [0.25, 0.3) is 0 Å². The van der Waals surface area contributed by atoms with Crippen molar-refractivity contribution in [1.29, 1.82) is 0 Å². The first-order chi connectivity index (χ1) is 13.0. The van der Waals surface area contributed by atoms with Crippen LogP contribution < -0.4 is 5.32 Å². The Hall–Kier alpha value is -2.41. The summed E-state index contributed by atoms with van der Waals surface area (Å²) in [5.41, 5.74) is 2.80. The average Bonchev–Trinajstić information content (AvgIpc) is 3.04. The molecule has 1 saturated heterocycles. The highest BCUT2D eigenvalue weighted by molar-refractivity contribution is 5.67. The molecule has 2 aromatic rings. The fourth-order valence-corrected chi connectivity index (χ4v) is 3.60. The Morgan fingerprint density at radius 1 is 1.41 bits per heavy atom. The molecular weight excluding hydrogens is 347 g/mol. The molecule has 27 heavy (non-hydrogen) atoms. The van der Waals surface area contributed by atoms with Crippen LogP contribution in [0.25, 0.3) is 5.69 Å². The minimum Gasteiger partial charge on any atom is -0.450 e. The number of carbonyl (C=O) groups is 1. The van der Waals surface area contributed by atoms with Crippen LogP contribution in [-0.2, 0) is 4.74 Å². The van der Waals surface area contributed by atoms with Crippen molar-refractivity contribution in [2.75, 3.05) is 19.7 Å². The third kappa shape index (κ3) is 4.47. The minimum atomic E-state index is -0.275. The van der Waals surface area contributed by atoms with E-state index in [4.69, 9.17) is 4.74 Å². The van der Waals surface area contributed by atoms with Gasteiger partial charge in [-0.1, -0.05) is 6.07 Å². The summed E-state index contributed by atoms with van der Waals surface area (Å²) in [6.07, 6.45) is 3.39. The molecule has 146 valence electrons. The van der Waals surface area contributed by atoms with Crippen molar-refractivity contribution in [2.45, 2.75) is 45.7 Å². The van der Waals surface area contributed by atoms with E-state index in [-0.39, 0.29) is 18.0 Å². The molecule has 1 aliphatic heterocycles. The van der Waals surface area contributed by atoms with Gasteiger partial charge in [0, 0.05) is 36.4 Å². The summed E-state index contributed by atoms with van der Waals surface area (Å²) in [4.78, 5) is 13.6. The fraction of sp³-hybridized carbons (Fsp3) is 0.500. The van der Waals surface area contributed by atoms with E-state index < -0.39 is 0 Å². The average molecular weight is 374 g/mol. The minimum absolute atomic E-state index is 0.117. The zero-order valence-corrected chi connectivity index (χ0v) is 16.1. The van der Waals surface area contributed by atoms with E-state index in [9.17, 15) is 9.18 Å². The number of likely N-dealkylation sites (tertiary alicyclic amines) is 1. The van der Waals surface area contributed by atoms with Gasteiger partial charge < -0.3 is 15.0 Å². The van der Waals surface area contributed by atoms with Crippen LogP contribution in [0.1, 0.15) is 44.0 Å². The standard InChI is InChI=1S/C20H27FN4O2/c1-4-27-20(26)24-10-8-17(9-11-24)23-14(2)19-13-22-25(15(19)3)18-7-5-6-16(21)12-18/h5-7,12-14,17,23H,4,8-11H2,1-3H3/t14-/m0/s1. The lowest BCUT2D eigenvalue weighted by molar-refractivity contribution is 0.0943. The molecule has 0 unspecified atom stereocenters. The number of rotatable bonds is 5. The Labute approximate surface area is 159 Å². The Balaban J connectivity index is 1.61. The van der Waals surface area contributed by atoms with Crippen molar-refractivity contribution in [1.82, 2.24) is 20.0 Å². The molecule has 7 heteroatoms. The highest BCUT2D eigenvalue weighted by Gasteiger charge is 2.25. The smallest absolute Gasteiger partial charge is 0.409 e. The molecule has 1 N–H and O–H groups in total. The molecule has 0 aliphatic carbocycles. The van der Waals surface area contributed by atoms with Gasteiger partial charge in [0.1, 0.15) is 5.82 Å². The second kappa shape index (κ2) is 8.52. The van der Waals surface area contributed by atoms with Crippen LogP contribution in [0.3, 0.4) is 0 Å². The second-order valence-corrected chi connectivity index (χ2v) is 6.93. The summed E-state index contributed by atoms with van der Waals surface area (Å²) >= 11 is 0. The molecule has 0 spiro atoms. The number of benzene rings is 1. The van der Waals surface area contributed by atoms with Crippen molar-refractivity contribution in [2.24, 2.45) is 0 Å². The van der Waals surface area contributed by atoms with Gasteiger partial charge >= 0.3 is 6.09 Å². The summed E-state index contributed by atoms with van der Waals surface area (Å²) in [6, 6.07) is 6.89. The molecular formula is C20H27FN4O2. The van der Waals surface area contributed by atoms with Crippen molar-refractivity contribution in [3.05, 3.63) is 47.5 Å². The summed E-state index contributed by atoms with van der Waals surface area (Å²) in [5, 5.41) is 8.07. The summed E-state index contributed by atoms with van der Waals surface area (Å²) in [6.45, 7) is 7.73. The molecule has 1 aromatic heterocycles. The number of carbonyl (C=O) groups excluding carboxylic acids is 1. The monoisotopic (exact) mass is 374 g/mol. The van der Waals surface area contributed by atoms with Crippen LogP contribution in [0.5, 0.6) is 0 Å². The maximum Gasteiger partial charge on any atom is 0.409 e. The largest absolute Gasteiger partial charge is 0.450 e. The van der Waals surface area contributed by atoms with Crippen LogP contribution in [0, 0.1) is 12.7 Å². The number of hydrogen-bond acceptors (Lipinski definition) is 4. The lowest BCUT2D eigenvalue weighted by Crippen LogP contribution is -2.45. The number of aromatic nitrogens is 2. The number of nitrogens with one attached hydrogen (secondary N) is 1. The van der Waals surface area contributed by atoms with Gasteiger partial charge in [-0.2, -0.15) is 5.10 Å². The van der Waals surface area contributed by atoms with Gasteiger partial charge in [0.15, 0.2) is 0 Å². The van der Waals surface area contributed by atoms with Crippen LogP contribution in [0.15, 0.2) is 30.5 Å². The Kier molecular flexibility index (Phi) is 6.11. The lowest BCUT2D eigenvalue weighted by atomic mass is 10.0. The van der Waals surface area contributed by atoms with E-state index in [0.29, 0.717) is 31.4 Å². The van der Waals surface area contributed by atoms with Crippen molar-refractivity contribution in [3.8, 4) is 5.69 Å². The van der Waals surface area contributed by atoms with Gasteiger partial charge in [-0.05, 0) is 51.8 Å². The van der Waals surface area contributed by atoms with Gasteiger partial charge in [0.2, 0.25) is 0 Å². The van der Waals surface area contributed by atoms with Crippen molar-refractivity contribution in [3.63, 3.8) is 0 Å². The molecule has 0 saturated carbocycles. The molecule has 1 amide bonds. The Bertz CT molecular complexity index is 784.